The van der Waals surface area contributed by atoms with Crippen LogP contribution in [0.1, 0.15) is 21.5 Å². The van der Waals surface area contributed by atoms with Gasteiger partial charge in [-0.3, -0.25) is 0 Å². The first-order valence-corrected chi connectivity index (χ1v) is 4.96. The number of carbonyl (C=O) groups is 2. The van der Waals surface area contributed by atoms with Crippen LogP contribution in [0.3, 0.4) is 0 Å². The van der Waals surface area contributed by atoms with E-state index in [-0.39, 0.29) is 5.56 Å². The van der Waals surface area contributed by atoms with Crippen LogP contribution in [0.15, 0.2) is 24.3 Å². The summed E-state index contributed by atoms with van der Waals surface area (Å²) < 4.78 is 42.3. The number of alkyl halides is 3. The van der Waals surface area contributed by atoms with Crippen molar-refractivity contribution < 1.29 is 32.6 Å². The van der Waals surface area contributed by atoms with Crippen LogP contribution in [0, 0.1) is 0 Å². The van der Waals surface area contributed by atoms with Crippen molar-refractivity contribution >= 4 is 18.0 Å². The Morgan fingerprint density at radius 1 is 1.32 bits per heavy atom. The van der Waals surface area contributed by atoms with Crippen LogP contribution in [0.5, 0.6) is 0 Å². The van der Waals surface area contributed by atoms with Gasteiger partial charge in [0, 0.05) is 6.08 Å². The second-order valence-corrected chi connectivity index (χ2v) is 3.46. The number of rotatable bonds is 3. The molecule has 0 aliphatic carbocycles. The summed E-state index contributed by atoms with van der Waals surface area (Å²) >= 11 is 0. The van der Waals surface area contributed by atoms with Gasteiger partial charge in [0.25, 0.3) is 0 Å². The van der Waals surface area contributed by atoms with Crippen LogP contribution >= 0.6 is 0 Å². The fourth-order valence-corrected chi connectivity index (χ4v) is 1.32. The smallest absolute Gasteiger partial charge is 0.417 e. The molecule has 0 atom stereocenters. The molecule has 0 aliphatic heterocycles. The van der Waals surface area contributed by atoms with Crippen LogP contribution in [-0.4, -0.2) is 24.2 Å². The predicted octanol–water partition coefficient (Wildman–Crippen LogP) is 2.59. The van der Waals surface area contributed by atoms with Gasteiger partial charge >= 0.3 is 18.1 Å². The Morgan fingerprint density at radius 3 is 2.42 bits per heavy atom. The van der Waals surface area contributed by atoms with Crippen molar-refractivity contribution in [1.82, 2.24) is 0 Å². The van der Waals surface area contributed by atoms with E-state index in [2.05, 4.69) is 4.74 Å². The van der Waals surface area contributed by atoms with E-state index in [9.17, 15) is 22.8 Å². The van der Waals surface area contributed by atoms with Gasteiger partial charge in [0.2, 0.25) is 0 Å². The van der Waals surface area contributed by atoms with Crippen LogP contribution < -0.4 is 0 Å². The average molecular weight is 274 g/mol. The third kappa shape index (κ3) is 3.84. The molecule has 1 aromatic rings. The Hall–Kier alpha value is -2.31. The first kappa shape index (κ1) is 14.7. The number of hydrogen-bond acceptors (Lipinski definition) is 3. The second kappa shape index (κ2) is 5.55. The van der Waals surface area contributed by atoms with Crippen molar-refractivity contribution in [3.05, 3.63) is 41.0 Å². The molecule has 19 heavy (non-hydrogen) atoms. The van der Waals surface area contributed by atoms with Gasteiger partial charge in [-0.1, -0.05) is 6.07 Å². The Morgan fingerprint density at radius 2 is 1.95 bits per heavy atom. The number of carbonyl (C=O) groups excluding carboxylic acids is 1. The number of ether oxygens (including phenoxy) is 1. The lowest BCUT2D eigenvalue weighted by molar-refractivity contribution is -0.138. The molecule has 0 aromatic heterocycles. The molecule has 102 valence electrons. The summed E-state index contributed by atoms with van der Waals surface area (Å²) in [6.07, 6.45) is -2.74. The number of benzene rings is 1. The minimum Gasteiger partial charge on any atom is -0.478 e. The van der Waals surface area contributed by atoms with E-state index in [1.54, 1.807) is 0 Å². The number of carboxylic acids is 1. The van der Waals surface area contributed by atoms with Crippen LogP contribution in [0.2, 0.25) is 0 Å². The molecule has 0 amide bonds. The molecule has 4 nitrogen and oxygen atoms in total. The first-order valence-electron chi connectivity index (χ1n) is 4.96. The SMILES string of the molecule is COC(=O)C=Cc1ccc(C(=O)O)c(C(F)(F)F)c1. The molecule has 0 radical (unpaired) electrons. The predicted molar refractivity (Wildman–Crippen MR) is 59.5 cm³/mol. The number of esters is 1. The van der Waals surface area contributed by atoms with E-state index >= 15 is 0 Å². The van der Waals surface area contributed by atoms with Gasteiger partial charge in [0.05, 0.1) is 18.2 Å². The molecule has 0 saturated carbocycles. The molecule has 0 heterocycles. The lowest BCUT2D eigenvalue weighted by Gasteiger charge is -2.10. The summed E-state index contributed by atoms with van der Waals surface area (Å²) in [5.41, 5.74) is -2.07. The number of carboxylic acid groups (broad SMARTS) is 1. The van der Waals surface area contributed by atoms with Crippen molar-refractivity contribution in [2.45, 2.75) is 6.18 Å². The summed E-state index contributed by atoms with van der Waals surface area (Å²) in [4.78, 5) is 21.5. The Labute approximate surface area is 106 Å². The quantitative estimate of drug-likeness (QED) is 0.679. The second-order valence-electron chi connectivity index (χ2n) is 3.46. The number of hydrogen-bond donors (Lipinski definition) is 1. The van der Waals surface area contributed by atoms with E-state index in [4.69, 9.17) is 5.11 Å². The van der Waals surface area contributed by atoms with Crippen molar-refractivity contribution in [2.75, 3.05) is 7.11 Å². The molecule has 0 fully saturated rings. The van der Waals surface area contributed by atoms with Crippen molar-refractivity contribution in [3.63, 3.8) is 0 Å². The normalized spacial score (nSPS) is 11.6. The fourth-order valence-electron chi connectivity index (χ4n) is 1.32. The molecular formula is C12H9F3O4. The van der Waals surface area contributed by atoms with Gasteiger partial charge in [-0.2, -0.15) is 13.2 Å². The Bertz CT molecular complexity index is 532. The molecule has 7 heteroatoms. The van der Waals surface area contributed by atoms with E-state index in [1.807, 2.05) is 0 Å². The largest absolute Gasteiger partial charge is 0.478 e. The topological polar surface area (TPSA) is 63.6 Å². The summed E-state index contributed by atoms with van der Waals surface area (Å²) in [5.74, 6) is -2.40. The summed E-state index contributed by atoms with van der Waals surface area (Å²) in [6, 6.07) is 2.66. The monoisotopic (exact) mass is 274 g/mol. The molecule has 1 N–H and O–H groups in total. The zero-order valence-electron chi connectivity index (χ0n) is 9.69. The summed E-state index contributed by atoms with van der Waals surface area (Å²) in [7, 11) is 1.13. The van der Waals surface area contributed by atoms with E-state index in [0.29, 0.717) is 6.07 Å². The summed E-state index contributed by atoms with van der Waals surface area (Å²) in [5, 5.41) is 8.68. The van der Waals surface area contributed by atoms with Crippen LogP contribution in [0.25, 0.3) is 6.08 Å². The zero-order chi connectivity index (χ0) is 14.6. The third-order valence-corrected chi connectivity index (χ3v) is 2.19. The molecule has 0 saturated heterocycles. The van der Waals surface area contributed by atoms with Crippen molar-refractivity contribution in [3.8, 4) is 0 Å². The molecule has 0 aliphatic rings. The first-order chi connectivity index (χ1) is 8.75. The molecule has 0 bridgehead atoms. The van der Waals surface area contributed by atoms with E-state index in [0.717, 1.165) is 31.4 Å². The fraction of sp³-hybridized carbons (Fsp3) is 0.167. The zero-order valence-corrected chi connectivity index (χ0v) is 9.69. The highest BCUT2D eigenvalue weighted by atomic mass is 19.4. The molecule has 1 aromatic carbocycles. The highest BCUT2D eigenvalue weighted by Crippen LogP contribution is 2.33. The van der Waals surface area contributed by atoms with Crippen LogP contribution in [-0.2, 0) is 15.7 Å². The number of halogens is 3. The van der Waals surface area contributed by atoms with Gasteiger partial charge in [0.1, 0.15) is 0 Å². The highest BCUT2D eigenvalue weighted by Gasteiger charge is 2.35. The lowest BCUT2D eigenvalue weighted by atomic mass is 10.0. The van der Waals surface area contributed by atoms with Crippen molar-refractivity contribution in [2.24, 2.45) is 0 Å². The van der Waals surface area contributed by atoms with Gasteiger partial charge in [0.15, 0.2) is 0 Å². The molecule has 1 rings (SSSR count). The third-order valence-electron chi connectivity index (χ3n) is 2.19. The maximum Gasteiger partial charge on any atom is 0.417 e. The average Bonchev–Trinajstić information content (AvgIpc) is 2.34. The maximum atomic E-state index is 12.7. The maximum absolute atomic E-state index is 12.7. The lowest BCUT2D eigenvalue weighted by Crippen LogP contribution is -2.13. The standard InChI is InChI=1S/C12H9F3O4/c1-19-10(16)5-3-7-2-4-8(11(17)18)9(6-7)12(13,14)15/h2-6H,1H3,(H,17,18). The Kier molecular flexibility index (Phi) is 4.31. The number of methoxy groups -OCH3 is 1. The van der Waals surface area contributed by atoms with Gasteiger partial charge in [-0.15, -0.1) is 0 Å². The molecule has 0 unspecified atom stereocenters. The Balaban J connectivity index is 3.23. The van der Waals surface area contributed by atoms with E-state index in [1.165, 1.54) is 0 Å². The van der Waals surface area contributed by atoms with Gasteiger partial charge in [-0.05, 0) is 23.8 Å². The van der Waals surface area contributed by atoms with Gasteiger partial charge in [-0.25, -0.2) is 9.59 Å². The molecule has 0 spiro atoms. The van der Waals surface area contributed by atoms with Crippen LogP contribution in [0.4, 0.5) is 13.2 Å². The van der Waals surface area contributed by atoms with E-state index < -0.39 is 29.2 Å². The minimum atomic E-state index is -4.79. The summed E-state index contributed by atoms with van der Waals surface area (Å²) in [6.45, 7) is 0. The molecular weight excluding hydrogens is 265 g/mol. The number of aromatic carboxylic acids is 1. The van der Waals surface area contributed by atoms with Gasteiger partial charge < -0.3 is 9.84 Å². The highest BCUT2D eigenvalue weighted by molar-refractivity contribution is 5.91. The van der Waals surface area contributed by atoms with Crippen molar-refractivity contribution in [1.29, 1.82) is 0 Å². The minimum absolute atomic E-state index is 0.0442.